The number of nitrogens with one attached hydrogen (secondary N) is 2. The fourth-order valence-corrected chi connectivity index (χ4v) is 3.85. The van der Waals surface area contributed by atoms with Crippen molar-refractivity contribution in [1.82, 2.24) is 20.4 Å². The number of likely N-dealkylation sites (tertiary alicyclic amines) is 1. The van der Waals surface area contributed by atoms with E-state index in [9.17, 15) is 9.90 Å². The molecule has 0 aliphatic carbocycles. The van der Waals surface area contributed by atoms with E-state index >= 15 is 0 Å². The van der Waals surface area contributed by atoms with Gasteiger partial charge in [0.2, 0.25) is 5.91 Å². The number of benzene rings is 1. The lowest BCUT2D eigenvalue weighted by Gasteiger charge is -2.26. The number of amides is 1. The minimum Gasteiger partial charge on any atom is -0.491 e. The molecule has 0 bridgehead atoms. The van der Waals surface area contributed by atoms with Crippen molar-refractivity contribution in [2.45, 2.75) is 58.3 Å². The molecule has 1 saturated heterocycles. The maximum Gasteiger partial charge on any atom is 0.239 e. The summed E-state index contributed by atoms with van der Waals surface area (Å²) in [7, 11) is 3.64. The monoisotopic (exact) mass is 575 g/mol. The highest BCUT2D eigenvalue weighted by atomic mass is 127. The Balaban J connectivity index is 0.00000544. The Hall–Kier alpha value is -1.59. The average molecular weight is 576 g/mol. The van der Waals surface area contributed by atoms with Crippen molar-refractivity contribution in [2.24, 2.45) is 4.99 Å². The predicted octanol–water partition coefficient (Wildman–Crippen LogP) is 2.62. The molecule has 1 fully saturated rings. The topological polar surface area (TPSA) is 89.4 Å². The van der Waals surface area contributed by atoms with Crippen LogP contribution >= 0.6 is 24.0 Å². The van der Waals surface area contributed by atoms with Gasteiger partial charge in [0.25, 0.3) is 0 Å². The number of ether oxygens (including phenoxy) is 1. The van der Waals surface area contributed by atoms with Gasteiger partial charge in [-0.2, -0.15) is 0 Å². The number of aliphatic hydroxyl groups excluding tert-OH is 1. The molecule has 188 valence electrons. The number of hydrogen-bond donors (Lipinski definition) is 3. The van der Waals surface area contributed by atoms with Crippen LogP contribution in [0.15, 0.2) is 29.3 Å². The van der Waals surface area contributed by atoms with Crippen molar-refractivity contribution in [3.63, 3.8) is 0 Å². The van der Waals surface area contributed by atoms with Gasteiger partial charge in [-0.3, -0.25) is 14.7 Å². The van der Waals surface area contributed by atoms with Crippen LogP contribution in [-0.4, -0.2) is 85.7 Å². The van der Waals surface area contributed by atoms with Crippen LogP contribution in [0, 0.1) is 0 Å². The van der Waals surface area contributed by atoms with Gasteiger partial charge in [0, 0.05) is 33.7 Å². The number of rotatable bonds is 11. The molecule has 1 aromatic carbocycles. The summed E-state index contributed by atoms with van der Waals surface area (Å²) in [6, 6.07) is 7.53. The molecular formula is C24H42IN5O3. The molecule has 1 heterocycles. The highest BCUT2D eigenvalue weighted by molar-refractivity contribution is 14.0. The zero-order valence-electron chi connectivity index (χ0n) is 20.7. The van der Waals surface area contributed by atoms with Gasteiger partial charge < -0.3 is 25.4 Å². The molecule has 0 aromatic heterocycles. The van der Waals surface area contributed by atoms with Crippen LogP contribution in [0.3, 0.4) is 0 Å². The third kappa shape index (κ3) is 10.1. The molecule has 33 heavy (non-hydrogen) atoms. The Bertz CT molecular complexity index is 745. The number of hydrogen-bond acceptors (Lipinski definition) is 5. The van der Waals surface area contributed by atoms with Gasteiger partial charge in [-0.05, 0) is 64.3 Å². The summed E-state index contributed by atoms with van der Waals surface area (Å²) in [4.78, 5) is 20.8. The van der Waals surface area contributed by atoms with Crippen LogP contribution < -0.4 is 15.4 Å². The molecule has 3 N–H and O–H groups in total. The maximum absolute atomic E-state index is 12.3. The lowest BCUT2D eigenvalue weighted by atomic mass is 10.1. The van der Waals surface area contributed by atoms with Crippen LogP contribution in [0.4, 0.5) is 0 Å². The lowest BCUT2D eigenvalue weighted by molar-refractivity contribution is -0.133. The van der Waals surface area contributed by atoms with E-state index in [0.717, 1.165) is 56.8 Å². The third-order valence-electron chi connectivity index (χ3n) is 5.39. The Morgan fingerprint density at radius 2 is 2.09 bits per heavy atom. The van der Waals surface area contributed by atoms with Crippen LogP contribution in [0.5, 0.6) is 5.75 Å². The fraction of sp³-hybridized carbons (Fsp3) is 0.667. The standard InChI is InChI=1S/C24H41N5O3.HI/c1-6-25-24(26-13-9-15-29-14-8-12-21(29)23(31)28(4)5)27-17-22(30)19-10-7-11-20(16-19)32-18(2)3;/h7,10-11,16,18,21-22,30H,6,8-9,12-15,17H2,1-5H3,(H2,25,26,27);1H. The molecule has 8 nitrogen and oxygen atoms in total. The van der Waals surface area contributed by atoms with Crippen molar-refractivity contribution >= 4 is 35.8 Å². The maximum atomic E-state index is 12.3. The van der Waals surface area contributed by atoms with Gasteiger partial charge in [0.1, 0.15) is 5.75 Å². The molecule has 2 rings (SSSR count). The van der Waals surface area contributed by atoms with Crippen molar-refractivity contribution in [2.75, 3.05) is 46.8 Å². The SMILES string of the molecule is CCNC(=NCC(O)c1cccc(OC(C)C)c1)NCCCN1CCCC1C(=O)N(C)C.I. The molecule has 2 unspecified atom stereocenters. The second-order valence-electron chi connectivity index (χ2n) is 8.68. The first-order valence-electron chi connectivity index (χ1n) is 11.7. The Labute approximate surface area is 216 Å². The van der Waals surface area contributed by atoms with Gasteiger partial charge in [-0.15, -0.1) is 24.0 Å². The second-order valence-corrected chi connectivity index (χ2v) is 8.68. The number of carbonyl (C=O) groups is 1. The third-order valence-corrected chi connectivity index (χ3v) is 5.39. The van der Waals surface area contributed by atoms with E-state index in [4.69, 9.17) is 4.74 Å². The molecule has 1 aliphatic heterocycles. The summed E-state index contributed by atoms with van der Waals surface area (Å²) in [6.07, 6.45) is 2.31. The summed E-state index contributed by atoms with van der Waals surface area (Å²) < 4.78 is 5.71. The van der Waals surface area contributed by atoms with E-state index in [0.29, 0.717) is 5.96 Å². The summed E-state index contributed by atoms with van der Waals surface area (Å²) in [5, 5.41) is 17.1. The first-order valence-corrected chi connectivity index (χ1v) is 11.7. The Morgan fingerprint density at radius 1 is 1.33 bits per heavy atom. The van der Waals surface area contributed by atoms with Crippen molar-refractivity contribution in [3.05, 3.63) is 29.8 Å². The molecule has 1 amide bonds. The van der Waals surface area contributed by atoms with E-state index in [1.54, 1.807) is 4.90 Å². The van der Waals surface area contributed by atoms with Crippen molar-refractivity contribution in [3.8, 4) is 5.75 Å². The van der Waals surface area contributed by atoms with Gasteiger partial charge in [0.15, 0.2) is 5.96 Å². The zero-order chi connectivity index (χ0) is 23.5. The number of carbonyl (C=O) groups excluding carboxylic acids is 1. The summed E-state index contributed by atoms with van der Waals surface area (Å²) in [5.74, 6) is 1.63. The summed E-state index contributed by atoms with van der Waals surface area (Å²) >= 11 is 0. The zero-order valence-corrected chi connectivity index (χ0v) is 23.0. The molecule has 1 aromatic rings. The van der Waals surface area contributed by atoms with Crippen LogP contribution in [-0.2, 0) is 4.79 Å². The molecule has 1 aliphatic rings. The number of aliphatic imine (C=N–C) groups is 1. The van der Waals surface area contributed by atoms with Gasteiger partial charge >= 0.3 is 0 Å². The molecular weight excluding hydrogens is 533 g/mol. The number of aliphatic hydroxyl groups is 1. The number of nitrogens with zero attached hydrogens (tertiary/aromatic N) is 3. The van der Waals surface area contributed by atoms with Crippen LogP contribution in [0.25, 0.3) is 0 Å². The predicted molar refractivity (Wildman–Crippen MR) is 144 cm³/mol. The summed E-state index contributed by atoms with van der Waals surface area (Å²) in [5.41, 5.74) is 0.786. The van der Waals surface area contributed by atoms with E-state index < -0.39 is 6.10 Å². The van der Waals surface area contributed by atoms with Crippen molar-refractivity contribution < 1.29 is 14.6 Å². The first kappa shape index (κ1) is 29.4. The van der Waals surface area contributed by atoms with Crippen LogP contribution in [0.1, 0.15) is 51.7 Å². The molecule has 2 atom stereocenters. The Kier molecular flexibility index (Phi) is 13.7. The molecule has 9 heteroatoms. The van der Waals surface area contributed by atoms with E-state index in [1.807, 2.05) is 59.1 Å². The minimum absolute atomic E-state index is 0. The lowest BCUT2D eigenvalue weighted by Crippen LogP contribution is -2.44. The first-order chi connectivity index (χ1) is 15.3. The summed E-state index contributed by atoms with van der Waals surface area (Å²) in [6.45, 7) is 9.57. The molecule has 0 saturated carbocycles. The van der Waals surface area contributed by atoms with E-state index in [1.165, 1.54) is 0 Å². The van der Waals surface area contributed by atoms with E-state index in [-0.39, 0.29) is 48.6 Å². The number of likely N-dealkylation sites (N-methyl/N-ethyl adjacent to an activating group) is 1. The van der Waals surface area contributed by atoms with Gasteiger partial charge in [0.05, 0.1) is 24.8 Å². The second kappa shape index (κ2) is 15.3. The highest BCUT2D eigenvalue weighted by Crippen LogP contribution is 2.21. The van der Waals surface area contributed by atoms with E-state index in [2.05, 4.69) is 20.5 Å². The fourth-order valence-electron chi connectivity index (χ4n) is 3.85. The van der Waals surface area contributed by atoms with Crippen LogP contribution in [0.2, 0.25) is 0 Å². The quantitative estimate of drug-likeness (QED) is 0.163. The number of halogens is 1. The molecule has 0 radical (unpaired) electrons. The normalized spacial score (nSPS) is 17.4. The highest BCUT2D eigenvalue weighted by Gasteiger charge is 2.30. The average Bonchev–Trinajstić information content (AvgIpc) is 3.22. The van der Waals surface area contributed by atoms with Gasteiger partial charge in [-0.25, -0.2) is 0 Å². The Morgan fingerprint density at radius 3 is 2.76 bits per heavy atom. The minimum atomic E-state index is -0.705. The van der Waals surface area contributed by atoms with Crippen molar-refractivity contribution in [1.29, 1.82) is 0 Å². The number of guanidine groups is 1. The largest absolute Gasteiger partial charge is 0.491 e. The smallest absolute Gasteiger partial charge is 0.239 e. The molecule has 0 spiro atoms. The van der Waals surface area contributed by atoms with Gasteiger partial charge in [-0.1, -0.05) is 12.1 Å².